The Morgan fingerprint density at radius 1 is 1.42 bits per heavy atom. The van der Waals surface area contributed by atoms with Gasteiger partial charge in [0.15, 0.2) is 11.6 Å². The standard InChI is InChI=1S/C14H21FN2O2/c1-2-19-14-8-13(12(16)7-11(14)15)17-5-6-18-9-10-3-4-10/h7-8,10,17H,2-6,9,16H2,1H3. The molecule has 4 nitrogen and oxygen atoms in total. The zero-order valence-electron chi connectivity index (χ0n) is 11.2. The van der Waals surface area contributed by atoms with Crippen LogP contribution >= 0.6 is 0 Å². The summed E-state index contributed by atoms with van der Waals surface area (Å²) < 4.78 is 24.2. The van der Waals surface area contributed by atoms with Crippen molar-refractivity contribution >= 4 is 11.4 Å². The van der Waals surface area contributed by atoms with E-state index in [4.69, 9.17) is 15.2 Å². The van der Waals surface area contributed by atoms with E-state index >= 15 is 0 Å². The molecule has 5 heteroatoms. The van der Waals surface area contributed by atoms with Crippen molar-refractivity contribution in [2.24, 2.45) is 5.92 Å². The summed E-state index contributed by atoms with van der Waals surface area (Å²) in [5.41, 5.74) is 6.82. The highest BCUT2D eigenvalue weighted by Gasteiger charge is 2.20. The van der Waals surface area contributed by atoms with Crippen molar-refractivity contribution in [2.45, 2.75) is 19.8 Å². The monoisotopic (exact) mass is 268 g/mol. The summed E-state index contributed by atoms with van der Waals surface area (Å²) >= 11 is 0. The minimum absolute atomic E-state index is 0.220. The van der Waals surface area contributed by atoms with Gasteiger partial charge in [-0.25, -0.2) is 4.39 Å². The lowest BCUT2D eigenvalue weighted by Crippen LogP contribution is -2.12. The lowest BCUT2D eigenvalue weighted by atomic mass is 10.2. The van der Waals surface area contributed by atoms with Crippen LogP contribution in [-0.4, -0.2) is 26.4 Å². The molecule has 1 aromatic rings. The molecule has 0 bridgehead atoms. The zero-order chi connectivity index (χ0) is 13.7. The van der Waals surface area contributed by atoms with Gasteiger partial charge in [0.2, 0.25) is 0 Å². The van der Waals surface area contributed by atoms with E-state index in [9.17, 15) is 4.39 Å². The van der Waals surface area contributed by atoms with Crippen LogP contribution in [0.5, 0.6) is 5.75 Å². The van der Waals surface area contributed by atoms with E-state index in [-0.39, 0.29) is 5.75 Å². The molecule has 1 fully saturated rings. The molecule has 0 heterocycles. The van der Waals surface area contributed by atoms with E-state index in [0.29, 0.717) is 31.1 Å². The molecule has 106 valence electrons. The van der Waals surface area contributed by atoms with Gasteiger partial charge >= 0.3 is 0 Å². The van der Waals surface area contributed by atoms with Crippen LogP contribution in [-0.2, 0) is 4.74 Å². The summed E-state index contributed by atoms with van der Waals surface area (Å²) in [4.78, 5) is 0. The van der Waals surface area contributed by atoms with E-state index in [0.717, 1.165) is 12.5 Å². The van der Waals surface area contributed by atoms with Gasteiger partial charge in [-0.05, 0) is 25.7 Å². The highest BCUT2D eigenvalue weighted by atomic mass is 19.1. The first-order valence-corrected chi connectivity index (χ1v) is 6.74. The third-order valence-corrected chi connectivity index (χ3v) is 3.02. The van der Waals surface area contributed by atoms with Crippen molar-refractivity contribution in [1.82, 2.24) is 0 Å². The first-order chi connectivity index (χ1) is 9.20. The van der Waals surface area contributed by atoms with Crippen LogP contribution in [0.2, 0.25) is 0 Å². The van der Waals surface area contributed by atoms with Crippen LogP contribution < -0.4 is 15.8 Å². The summed E-state index contributed by atoms with van der Waals surface area (Å²) in [7, 11) is 0. The molecule has 2 rings (SSSR count). The zero-order valence-corrected chi connectivity index (χ0v) is 11.2. The fourth-order valence-corrected chi connectivity index (χ4v) is 1.78. The number of nitrogens with one attached hydrogen (secondary N) is 1. The maximum absolute atomic E-state index is 13.5. The number of hydrogen-bond acceptors (Lipinski definition) is 4. The van der Waals surface area contributed by atoms with Crippen LogP contribution in [0.3, 0.4) is 0 Å². The largest absolute Gasteiger partial charge is 0.491 e. The van der Waals surface area contributed by atoms with E-state index < -0.39 is 5.82 Å². The number of hydrogen-bond donors (Lipinski definition) is 2. The number of benzene rings is 1. The number of ether oxygens (including phenoxy) is 2. The van der Waals surface area contributed by atoms with Crippen molar-refractivity contribution in [3.63, 3.8) is 0 Å². The fraction of sp³-hybridized carbons (Fsp3) is 0.571. The Kier molecular flexibility index (Phi) is 4.85. The van der Waals surface area contributed by atoms with E-state index in [1.54, 1.807) is 6.07 Å². The normalized spacial score (nSPS) is 14.4. The lowest BCUT2D eigenvalue weighted by molar-refractivity contribution is 0.134. The van der Waals surface area contributed by atoms with Crippen molar-refractivity contribution in [3.05, 3.63) is 17.9 Å². The highest BCUT2D eigenvalue weighted by Crippen LogP contribution is 2.29. The topological polar surface area (TPSA) is 56.5 Å². The van der Waals surface area contributed by atoms with Gasteiger partial charge in [0, 0.05) is 25.3 Å². The molecule has 0 spiro atoms. The van der Waals surface area contributed by atoms with E-state index in [1.165, 1.54) is 18.9 Å². The number of anilines is 2. The molecule has 0 amide bonds. The summed E-state index contributed by atoms with van der Waals surface area (Å²) in [6.45, 7) is 4.34. The highest BCUT2D eigenvalue weighted by molar-refractivity contribution is 5.68. The Morgan fingerprint density at radius 2 is 2.21 bits per heavy atom. The molecule has 1 aliphatic rings. The predicted octanol–water partition coefficient (Wildman–Crippen LogP) is 2.65. The summed E-state index contributed by atoms with van der Waals surface area (Å²) in [6, 6.07) is 2.87. The first-order valence-electron chi connectivity index (χ1n) is 6.74. The number of nitrogen functional groups attached to an aromatic ring is 1. The maximum Gasteiger partial charge on any atom is 0.167 e. The Balaban J connectivity index is 1.81. The molecule has 3 N–H and O–H groups in total. The molecule has 1 saturated carbocycles. The van der Waals surface area contributed by atoms with Crippen molar-refractivity contribution in [1.29, 1.82) is 0 Å². The van der Waals surface area contributed by atoms with Crippen molar-refractivity contribution < 1.29 is 13.9 Å². The van der Waals surface area contributed by atoms with Crippen LogP contribution in [0.25, 0.3) is 0 Å². The Bertz CT molecular complexity index is 422. The van der Waals surface area contributed by atoms with E-state index in [1.807, 2.05) is 6.92 Å². The third kappa shape index (κ3) is 4.28. The molecule has 0 saturated heterocycles. The molecular formula is C14H21FN2O2. The van der Waals surface area contributed by atoms with Crippen molar-refractivity contribution in [2.75, 3.05) is 37.4 Å². The molecule has 0 atom stereocenters. The molecule has 0 unspecified atom stereocenters. The minimum atomic E-state index is -0.435. The second-order valence-electron chi connectivity index (χ2n) is 4.75. The Labute approximate surface area is 113 Å². The molecule has 0 aromatic heterocycles. The summed E-state index contributed by atoms with van der Waals surface area (Å²) in [5, 5.41) is 3.14. The lowest BCUT2D eigenvalue weighted by Gasteiger charge is -2.12. The molecule has 0 radical (unpaired) electrons. The molecule has 1 aliphatic carbocycles. The van der Waals surface area contributed by atoms with Crippen LogP contribution in [0, 0.1) is 11.7 Å². The summed E-state index contributed by atoms with van der Waals surface area (Å²) in [5.74, 6) is 0.549. The fourth-order valence-electron chi connectivity index (χ4n) is 1.78. The van der Waals surface area contributed by atoms with Crippen LogP contribution in [0.15, 0.2) is 12.1 Å². The van der Waals surface area contributed by atoms with Crippen molar-refractivity contribution in [3.8, 4) is 5.75 Å². The quantitative estimate of drug-likeness (QED) is 0.562. The van der Waals surface area contributed by atoms with Gasteiger partial charge in [-0.15, -0.1) is 0 Å². The van der Waals surface area contributed by atoms with Gasteiger partial charge in [0.1, 0.15) is 0 Å². The predicted molar refractivity (Wildman–Crippen MR) is 74.0 cm³/mol. The number of halogens is 1. The third-order valence-electron chi connectivity index (χ3n) is 3.02. The number of nitrogens with two attached hydrogens (primary N) is 1. The Hall–Kier alpha value is -1.49. The van der Waals surface area contributed by atoms with Crippen LogP contribution in [0.4, 0.5) is 15.8 Å². The first kappa shape index (κ1) is 13.9. The smallest absolute Gasteiger partial charge is 0.167 e. The van der Waals surface area contributed by atoms with Crippen LogP contribution in [0.1, 0.15) is 19.8 Å². The molecular weight excluding hydrogens is 247 g/mol. The van der Waals surface area contributed by atoms with E-state index in [2.05, 4.69) is 5.32 Å². The van der Waals surface area contributed by atoms with Gasteiger partial charge in [0.25, 0.3) is 0 Å². The second-order valence-corrected chi connectivity index (χ2v) is 4.75. The van der Waals surface area contributed by atoms with Gasteiger partial charge in [-0.2, -0.15) is 0 Å². The molecule has 0 aliphatic heterocycles. The van der Waals surface area contributed by atoms with Gasteiger partial charge in [-0.3, -0.25) is 0 Å². The van der Waals surface area contributed by atoms with Gasteiger partial charge < -0.3 is 20.5 Å². The maximum atomic E-state index is 13.5. The summed E-state index contributed by atoms with van der Waals surface area (Å²) in [6.07, 6.45) is 2.58. The number of rotatable bonds is 8. The minimum Gasteiger partial charge on any atom is -0.491 e. The molecule has 1 aromatic carbocycles. The SMILES string of the molecule is CCOc1cc(NCCOCC2CC2)c(N)cc1F. The van der Waals surface area contributed by atoms with Gasteiger partial charge in [0.05, 0.1) is 24.6 Å². The van der Waals surface area contributed by atoms with Gasteiger partial charge in [-0.1, -0.05) is 0 Å². The Morgan fingerprint density at radius 3 is 2.89 bits per heavy atom. The average molecular weight is 268 g/mol. The molecule has 19 heavy (non-hydrogen) atoms. The second kappa shape index (κ2) is 6.61. The average Bonchev–Trinajstić information content (AvgIpc) is 3.18.